The van der Waals surface area contributed by atoms with Crippen LogP contribution in [-0.4, -0.2) is 0 Å². The van der Waals surface area contributed by atoms with Crippen molar-refractivity contribution in [1.29, 1.82) is 0 Å². The summed E-state index contributed by atoms with van der Waals surface area (Å²) in [6, 6.07) is 12.4. The summed E-state index contributed by atoms with van der Waals surface area (Å²) in [6.45, 7) is 2.88. The van der Waals surface area contributed by atoms with Gasteiger partial charge in [-0.3, -0.25) is 0 Å². The number of anilines is 1. The normalized spacial score (nSPS) is 10.7. The molecule has 2 heterocycles. The minimum Gasteiger partial charge on any atom is -0.379 e. The molecule has 0 bridgehead atoms. The standard InChI is InChI=1S/C16H14ClNS2/c1-11-4-2-5-14(17)16(11)18-9-13-8-12(10-20-13)15-6-3-7-19-15/h2-8,10,18H,9H2,1H3. The molecule has 1 aromatic carbocycles. The van der Waals surface area contributed by atoms with Gasteiger partial charge >= 0.3 is 0 Å². The van der Waals surface area contributed by atoms with Crippen LogP contribution in [0.4, 0.5) is 5.69 Å². The van der Waals surface area contributed by atoms with Crippen LogP contribution in [0.25, 0.3) is 10.4 Å². The van der Waals surface area contributed by atoms with Crippen LogP contribution in [0.15, 0.2) is 47.2 Å². The highest BCUT2D eigenvalue weighted by Gasteiger charge is 2.06. The van der Waals surface area contributed by atoms with Crippen molar-refractivity contribution in [1.82, 2.24) is 0 Å². The van der Waals surface area contributed by atoms with Gasteiger partial charge in [0.2, 0.25) is 0 Å². The first-order valence-electron chi connectivity index (χ1n) is 6.34. The molecule has 4 heteroatoms. The molecule has 0 amide bonds. The van der Waals surface area contributed by atoms with Gasteiger partial charge < -0.3 is 5.32 Å². The Kier molecular flexibility index (Phi) is 4.10. The van der Waals surface area contributed by atoms with Crippen molar-refractivity contribution in [3.05, 3.63) is 62.6 Å². The summed E-state index contributed by atoms with van der Waals surface area (Å²) in [5.74, 6) is 0. The topological polar surface area (TPSA) is 12.0 Å². The zero-order chi connectivity index (χ0) is 13.9. The predicted molar refractivity (Wildman–Crippen MR) is 91.1 cm³/mol. The second-order valence-corrected chi connectivity index (χ2v) is 6.91. The van der Waals surface area contributed by atoms with Gasteiger partial charge in [-0.1, -0.05) is 29.8 Å². The van der Waals surface area contributed by atoms with Crippen molar-refractivity contribution in [3.63, 3.8) is 0 Å². The van der Waals surface area contributed by atoms with Crippen molar-refractivity contribution in [3.8, 4) is 10.4 Å². The van der Waals surface area contributed by atoms with E-state index < -0.39 is 0 Å². The van der Waals surface area contributed by atoms with Crippen LogP contribution < -0.4 is 5.32 Å². The lowest BCUT2D eigenvalue weighted by atomic mass is 10.2. The number of hydrogen-bond donors (Lipinski definition) is 1. The fourth-order valence-corrected chi connectivity index (χ4v) is 3.98. The number of hydrogen-bond acceptors (Lipinski definition) is 3. The molecule has 0 atom stereocenters. The summed E-state index contributed by atoms with van der Waals surface area (Å²) < 4.78 is 0. The van der Waals surface area contributed by atoms with E-state index in [1.165, 1.54) is 20.9 Å². The molecule has 0 aliphatic rings. The molecule has 0 radical (unpaired) electrons. The molecular formula is C16H14ClNS2. The van der Waals surface area contributed by atoms with Gasteiger partial charge in [0.05, 0.1) is 10.7 Å². The molecule has 0 fully saturated rings. The molecule has 1 nitrogen and oxygen atoms in total. The van der Waals surface area contributed by atoms with E-state index in [9.17, 15) is 0 Å². The molecule has 3 rings (SSSR count). The third kappa shape index (κ3) is 2.90. The number of nitrogens with one attached hydrogen (secondary N) is 1. The van der Waals surface area contributed by atoms with Crippen LogP contribution in [-0.2, 0) is 6.54 Å². The lowest BCUT2D eigenvalue weighted by Crippen LogP contribution is -1.99. The quantitative estimate of drug-likeness (QED) is 0.617. The summed E-state index contributed by atoms with van der Waals surface area (Å²) >= 11 is 9.78. The SMILES string of the molecule is Cc1cccc(Cl)c1NCc1cc(-c2cccs2)cs1. The Labute approximate surface area is 131 Å². The van der Waals surface area contributed by atoms with E-state index in [1.807, 2.05) is 12.1 Å². The van der Waals surface area contributed by atoms with Gasteiger partial charge in [-0.15, -0.1) is 22.7 Å². The zero-order valence-corrected chi connectivity index (χ0v) is 13.4. The molecule has 20 heavy (non-hydrogen) atoms. The second-order valence-electron chi connectivity index (χ2n) is 4.56. The summed E-state index contributed by atoms with van der Waals surface area (Å²) in [4.78, 5) is 2.63. The van der Waals surface area contributed by atoms with Gasteiger partial charge in [0.1, 0.15) is 0 Å². The number of aryl methyl sites for hydroxylation is 1. The Morgan fingerprint density at radius 1 is 1.15 bits per heavy atom. The van der Waals surface area contributed by atoms with E-state index in [1.54, 1.807) is 22.7 Å². The van der Waals surface area contributed by atoms with Crippen molar-refractivity contribution < 1.29 is 0 Å². The number of benzene rings is 1. The van der Waals surface area contributed by atoms with Crippen molar-refractivity contribution in [2.75, 3.05) is 5.32 Å². The predicted octanol–water partition coefficient (Wildman–Crippen LogP) is 6.05. The fourth-order valence-electron chi connectivity index (χ4n) is 2.08. The third-order valence-electron chi connectivity index (χ3n) is 3.12. The molecule has 0 saturated carbocycles. The average Bonchev–Trinajstić information content (AvgIpc) is 3.09. The van der Waals surface area contributed by atoms with Crippen LogP contribution in [0.2, 0.25) is 5.02 Å². The monoisotopic (exact) mass is 319 g/mol. The summed E-state index contributed by atoms with van der Waals surface area (Å²) in [5, 5.41) is 8.54. The van der Waals surface area contributed by atoms with Crippen LogP contribution in [0.3, 0.4) is 0 Å². The number of rotatable bonds is 4. The van der Waals surface area contributed by atoms with Gasteiger partial charge in [-0.2, -0.15) is 0 Å². The van der Waals surface area contributed by atoms with Crippen LogP contribution in [0, 0.1) is 6.92 Å². The summed E-state index contributed by atoms with van der Waals surface area (Å²) in [5.41, 5.74) is 3.51. The molecular weight excluding hydrogens is 306 g/mol. The highest BCUT2D eigenvalue weighted by molar-refractivity contribution is 7.14. The van der Waals surface area contributed by atoms with E-state index in [0.717, 1.165) is 17.3 Å². The van der Waals surface area contributed by atoms with Crippen LogP contribution in [0.1, 0.15) is 10.4 Å². The molecule has 0 aliphatic heterocycles. The molecule has 2 aromatic heterocycles. The first-order valence-corrected chi connectivity index (χ1v) is 8.48. The van der Waals surface area contributed by atoms with Crippen LogP contribution >= 0.6 is 34.3 Å². The Bertz CT molecular complexity index is 681. The molecule has 102 valence electrons. The largest absolute Gasteiger partial charge is 0.379 e. The van der Waals surface area contributed by atoms with E-state index in [4.69, 9.17) is 11.6 Å². The first-order chi connectivity index (χ1) is 9.74. The first kappa shape index (κ1) is 13.7. The van der Waals surface area contributed by atoms with E-state index >= 15 is 0 Å². The maximum absolute atomic E-state index is 6.22. The molecule has 0 saturated heterocycles. The van der Waals surface area contributed by atoms with Gasteiger partial charge in [0, 0.05) is 21.9 Å². The maximum atomic E-state index is 6.22. The maximum Gasteiger partial charge on any atom is 0.0640 e. The van der Waals surface area contributed by atoms with Gasteiger partial charge in [0.15, 0.2) is 0 Å². The Morgan fingerprint density at radius 2 is 2.05 bits per heavy atom. The average molecular weight is 320 g/mol. The Balaban J connectivity index is 1.73. The highest BCUT2D eigenvalue weighted by Crippen LogP contribution is 2.31. The Hall–Kier alpha value is -1.29. The molecule has 0 unspecified atom stereocenters. The lowest BCUT2D eigenvalue weighted by molar-refractivity contribution is 1.18. The minimum absolute atomic E-state index is 0.778. The molecule has 3 aromatic rings. The van der Waals surface area contributed by atoms with Crippen LogP contribution in [0.5, 0.6) is 0 Å². The molecule has 0 aliphatic carbocycles. The Morgan fingerprint density at radius 3 is 2.80 bits per heavy atom. The second kappa shape index (κ2) is 6.00. The van der Waals surface area contributed by atoms with E-state index in [0.29, 0.717) is 0 Å². The zero-order valence-electron chi connectivity index (χ0n) is 11.0. The number of para-hydroxylation sites is 1. The minimum atomic E-state index is 0.778. The van der Waals surface area contributed by atoms with E-state index in [2.05, 4.69) is 47.3 Å². The fraction of sp³-hybridized carbons (Fsp3) is 0.125. The number of halogens is 1. The smallest absolute Gasteiger partial charge is 0.0640 e. The lowest BCUT2D eigenvalue weighted by Gasteiger charge is -2.10. The highest BCUT2D eigenvalue weighted by atomic mass is 35.5. The van der Waals surface area contributed by atoms with E-state index in [-0.39, 0.29) is 0 Å². The van der Waals surface area contributed by atoms with Gasteiger partial charge in [0.25, 0.3) is 0 Å². The van der Waals surface area contributed by atoms with Gasteiger partial charge in [-0.05, 0) is 41.4 Å². The van der Waals surface area contributed by atoms with Crippen molar-refractivity contribution in [2.24, 2.45) is 0 Å². The van der Waals surface area contributed by atoms with Crippen molar-refractivity contribution in [2.45, 2.75) is 13.5 Å². The third-order valence-corrected chi connectivity index (χ3v) is 5.29. The number of thiophene rings is 2. The summed E-state index contributed by atoms with van der Waals surface area (Å²) in [7, 11) is 0. The van der Waals surface area contributed by atoms with Crippen molar-refractivity contribution >= 4 is 40.0 Å². The molecule has 1 N–H and O–H groups in total. The molecule has 0 spiro atoms. The summed E-state index contributed by atoms with van der Waals surface area (Å²) in [6.07, 6.45) is 0. The van der Waals surface area contributed by atoms with Gasteiger partial charge in [-0.25, -0.2) is 0 Å².